The number of hydrogen-bond donors (Lipinski definition) is 2. The largest absolute Gasteiger partial charge is 0.496 e. The Kier molecular flexibility index (Phi) is 3.11. The van der Waals surface area contributed by atoms with Gasteiger partial charge in [0, 0.05) is 34.9 Å². The van der Waals surface area contributed by atoms with E-state index in [4.69, 9.17) is 4.74 Å². The first-order valence-corrected chi connectivity index (χ1v) is 6.30. The average Bonchev–Trinajstić information content (AvgIpc) is 2.93. The topological polar surface area (TPSA) is 37.0 Å². The summed E-state index contributed by atoms with van der Waals surface area (Å²) in [6.45, 7) is 0.750. The number of aromatic nitrogens is 1. The van der Waals surface area contributed by atoms with Crippen molar-refractivity contribution in [1.29, 1.82) is 0 Å². The molecule has 0 atom stereocenters. The molecule has 1 heterocycles. The number of fused-ring (bicyclic) bond motifs is 1. The fraction of sp³-hybridized carbons (Fsp3) is 0.125. The van der Waals surface area contributed by atoms with Crippen LogP contribution in [0.1, 0.15) is 5.56 Å². The van der Waals surface area contributed by atoms with Crippen LogP contribution in [0.3, 0.4) is 0 Å². The van der Waals surface area contributed by atoms with Crippen LogP contribution in [0.25, 0.3) is 10.9 Å². The molecule has 0 aliphatic heterocycles. The van der Waals surface area contributed by atoms with Crippen molar-refractivity contribution in [3.8, 4) is 5.75 Å². The Bertz CT molecular complexity index is 688. The summed E-state index contributed by atoms with van der Waals surface area (Å²) in [7, 11) is 1.70. The standard InChI is InChI=1S/C16H16N2O/c1-19-16-5-3-2-4-13(16)11-18-14-6-7-15-12(10-14)8-9-17-15/h2-10,17-18H,11H2,1H3. The highest BCUT2D eigenvalue weighted by Crippen LogP contribution is 2.21. The van der Waals surface area contributed by atoms with Crippen LogP contribution in [0.15, 0.2) is 54.7 Å². The van der Waals surface area contributed by atoms with Crippen LogP contribution in [0.4, 0.5) is 5.69 Å². The van der Waals surface area contributed by atoms with Gasteiger partial charge in [-0.05, 0) is 30.3 Å². The molecule has 0 saturated heterocycles. The van der Waals surface area contributed by atoms with Gasteiger partial charge in [-0.15, -0.1) is 0 Å². The van der Waals surface area contributed by atoms with E-state index in [2.05, 4.69) is 40.6 Å². The molecule has 2 N–H and O–H groups in total. The first kappa shape index (κ1) is 11.7. The number of H-pyrrole nitrogens is 1. The molecule has 0 aliphatic carbocycles. The van der Waals surface area contributed by atoms with Gasteiger partial charge in [-0.2, -0.15) is 0 Å². The lowest BCUT2D eigenvalue weighted by Gasteiger charge is -2.10. The van der Waals surface area contributed by atoms with Crippen LogP contribution in [-0.4, -0.2) is 12.1 Å². The summed E-state index contributed by atoms with van der Waals surface area (Å²) in [6.07, 6.45) is 1.95. The van der Waals surface area contributed by atoms with Crippen molar-refractivity contribution < 1.29 is 4.74 Å². The third kappa shape index (κ3) is 2.40. The molecule has 0 bridgehead atoms. The van der Waals surface area contributed by atoms with Crippen molar-refractivity contribution in [3.63, 3.8) is 0 Å². The number of methoxy groups -OCH3 is 1. The van der Waals surface area contributed by atoms with Gasteiger partial charge < -0.3 is 15.0 Å². The molecule has 3 aromatic rings. The zero-order chi connectivity index (χ0) is 13.1. The zero-order valence-electron chi connectivity index (χ0n) is 10.8. The van der Waals surface area contributed by atoms with Gasteiger partial charge >= 0.3 is 0 Å². The Labute approximate surface area is 112 Å². The number of anilines is 1. The number of aromatic amines is 1. The Morgan fingerprint density at radius 3 is 2.89 bits per heavy atom. The Morgan fingerprint density at radius 2 is 2.00 bits per heavy atom. The molecule has 19 heavy (non-hydrogen) atoms. The fourth-order valence-corrected chi connectivity index (χ4v) is 2.21. The Hall–Kier alpha value is -2.42. The van der Waals surface area contributed by atoms with Crippen LogP contribution in [-0.2, 0) is 6.54 Å². The lowest BCUT2D eigenvalue weighted by Crippen LogP contribution is -2.01. The van der Waals surface area contributed by atoms with Crippen molar-refractivity contribution >= 4 is 16.6 Å². The SMILES string of the molecule is COc1ccccc1CNc1ccc2[nH]ccc2c1. The summed E-state index contributed by atoms with van der Waals surface area (Å²) in [5, 5.41) is 4.64. The minimum Gasteiger partial charge on any atom is -0.496 e. The van der Waals surface area contributed by atoms with Gasteiger partial charge in [-0.3, -0.25) is 0 Å². The van der Waals surface area contributed by atoms with Crippen molar-refractivity contribution in [1.82, 2.24) is 4.98 Å². The van der Waals surface area contributed by atoms with Crippen LogP contribution < -0.4 is 10.1 Å². The molecule has 3 nitrogen and oxygen atoms in total. The van der Waals surface area contributed by atoms with Crippen LogP contribution >= 0.6 is 0 Å². The molecule has 0 aliphatic rings. The summed E-state index contributed by atoms with van der Waals surface area (Å²) in [5.41, 5.74) is 3.42. The predicted octanol–water partition coefficient (Wildman–Crippen LogP) is 3.79. The normalized spacial score (nSPS) is 10.6. The molecular weight excluding hydrogens is 236 g/mol. The monoisotopic (exact) mass is 252 g/mol. The maximum atomic E-state index is 5.35. The van der Waals surface area contributed by atoms with Crippen molar-refractivity contribution in [2.75, 3.05) is 12.4 Å². The van der Waals surface area contributed by atoms with E-state index in [0.29, 0.717) is 0 Å². The van der Waals surface area contributed by atoms with Crippen LogP contribution in [0, 0.1) is 0 Å². The van der Waals surface area contributed by atoms with Crippen LogP contribution in [0.5, 0.6) is 5.75 Å². The van der Waals surface area contributed by atoms with Crippen molar-refractivity contribution in [2.45, 2.75) is 6.54 Å². The highest BCUT2D eigenvalue weighted by Gasteiger charge is 2.02. The summed E-state index contributed by atoms with van der Waals surface area (Å²) in [5.74, 6) is 0.915. The highest BCUT2D eigenvalue weighted by molar-refractivity contribution is 5.82. The molecule has 0 fully saturated rings. The molecule has 0 spiro atoms. The van der Waals surface area contributed by atoms with E-state index in [1.165, 1.54) is 5.39 Å². The van der Waals surface area contributed by atoms with Gasteiger partial charge in [0.05, 0.1) is 7.11 Å². The molecule has 0 amide bonds. The van der Waals surface area contributed by atoms with E-state index < -0.39 is 0 Å². The smallest absolute Gasteiger partial charge is 0.123 e. The molecule has 2 aromatic carbocycles. The first-order chi connectivity index (χ1) is 9.36. The number of benzene rings is 2. The number of nitrogens with one attached hydrogen (secondary N) is 2. The summed E-state index contributed by atoms with van der Waals surface area (Å²) in [4.78, 5) is 3.19. The Morgan fingerprint density at radius 1 is 1.11 bits per heavy atom. The molecule has 0 saturated carbocycles. The van der Waals surface area contributed by atoms with Crippen molar-refractivity contribution in [3.05, 3.63) is 60.3 Å². The van der Waals surface area contributed by atoms with Gasteiger partial charge in [0.2, 0.25) is 0 Å². The highest BCUT2D eigenvalue weighted by atomic mass is 16.5. The second-order valence-corrected chi connectivity index (χ2v) is 4.45. The first-order valence-electron chi connectivity index (χ1n) is 6.30. The number of para-hydroxylation sites is 1. The van der Waals surface area contributed by atoms with Crippen LogP contribution in [0.2, 0.25) is 0 Å². The summed E-state index contributed by atoms with van der Waals surface area (Å²) in [6, 6.07) is 16.4. The Balaban J connectivity index is 1.78. The third-order valence-electron chi connectivity index (χ3n) is 3.23. The second-order valence-electron chi connectivity index (χ2n) is 4.45. The molecule has 0 radical (unpaired) electrons. The van der Waals surface area contributed by atoms with E-state index in [-0.39, 0.29) is 0 Å². The molecule has 0 unspecified atom stereocenters. The quantitative estimate of drug-likeness (QED) is 0.741. The number of hydrogen-bond acceptors (Lipinski definition) is 2. The third-order valence-corrected chi connectivity index (χ3v) is 3.23. The maximum Gasteiger partial charge on any atom is 0.123 e. The molecule has 3 rings (SSSR count). The van der Waals surface area contributed by atoms with E-state index >= 15 is 0 Å². The van der Waals surface area contributed by atoms with E-state index in [1.54, 1.807) is 7.11 Å². The molecule has 1 aromatic heterocycles. The summed E-state index contributed by atoms with van der Waals surface area (Å²) < 4.78 is 5.35. The zero-order valence-corrected chi connectivity index (χ0v) is 10.8. The van der Waals surface area contributed by atoms with Gasteiger partial charge in [-0.25, -0.2) is 0 Å². The lowest BCUT2D eigenvalue weighted by molar-refractivity contribution is 0.410. The van der Waals surface area contributed by atoms with Crippen molar-refractivity contribution in [2.24, 2.45) is 0 Å². The van der Waals surface area contributed by atoms with Gasteiger partial charge in [0.15, 0.2) is 0 Å². The van der Waals surface area contributed by atoms with Gasteiger partial charge in [-0.1, -0.05) is 18.2 Å². The van der Waals surface area contributed by atoms with E-state index in [0.717, 1.165) is 29.1 Å². The fourth-order valence-electron chi connectivity index (χ4n) is 2.21. The average molecular weight is 252 g/mol. The number of ether oxygens (including phenoxy) is 1. The number of rotatable bonds is 4. The minimum absolute atomic E-state index is 0.750. The van der Waals surface area contributed by atoms with Gasteiger partial charge in [0.25, 0.3) is 0 Å². The lowest BCUT2D eigenvalue weighted by atomic mass is 10.2. The second kappa shape index (κ2) is 5.06. The molecular formula is C16H16N2O. The van der Waals surface area contributed by atoms with Gasteiger partial charge in [0.1, 0.15) is 5.75 Å². The maximum absolute atomic E-state index is 5.35. The predicted molar refractivity (Wildman–Crippen MR) is 78.6 cm³/mol. The molecule has 96 valence electrons. The van der Waals surface area contributed by atoms with E-state index in [9.17, 15) is 0 Å². The molecule has 3 heteroatoms. The summed E-state index contributed by atoms with van der Waals surface area (Å²) >= 11 is 0. The van der Waals surface area contributed by atoms with E-state index in [1.807, 2.05) is 24.4 Å². The minimum atomic E-state index is 0.750.